The molecule has 1 rings (SSSR count). The highest BCUT2D eigenvalue weighted by Crippen LogP contribution is 2.21. The van der Waals surface area contributed by atoms with Gasteiger partial charge >= 0.3 is 0 Å². The number of nitrogens with two attached hydrogens (primary N) is 1. The van der Waals surface area contributed by atoms with Crippen molar-refractivity contribution in [3.63, 3.8) is 0 Å². The van der Waals surface area contributed by atoms with Crippen LogP contribution in [0.1, 0.15) is 28.3 Å². The van der Waals surface area contributed by atoms with Crippen molar-refractivity contribution >= 4 is 0 Å². The average molecular weight is 179 g/mol. The second-order valence-corrected chi connectivity index (χ2v) is 3.60. The van der Waals surface area contributed by atoms with Crippen LogP contribution >= 0.6 is 0 Å². The van der Waals surface area contributed by atoms with Gasteiger partial charge in [-0.2, -0.15) is 0 Å². The second kappa shape index (κ2) is 3.90. The smallest absolute Gasteiger partial charge is 0.0624 e. The Kier molecular flexibility index (Phi) is 3.07. The molecule has 0 aliphatic heterocycles. The van der Waals surface area contributed by atoms with E-state index >= 15 is 0 Å². The number of aryl methyl sites for hydroxylation is 3. The summed E-state index contributed by atoms with van der Waals surface area (Å²) < 4.78 is 0. The summed E-state index contributed by atoms with van der Waals surface area (Å²) in [6.45, 7) is 6.13. The second-order valence-electron chi connectivity index (χ2n) is 3.60. The minimum Gasteiger partial charge on any atom is -0.394 e. The molecule has 0 saturated heterocycles. The van der Waals surface area contributed by atoms with Crippen molar-refractivity contribution in [3.8, 4) is 0 Å². The summed E-state index contributed by atoms with van der Waals surface area (Å²) in [6, 6.07) is 3.94. The van der Waals surface area contributed by atoms with E-state index in [1.54, 1.807) is 0 Å². The third kappa shape index (κ3) is 2.08. The normalized spacial score (nSPS) is 13.0. The fraction of sp³-hybridized carbons (Fsp3) is 0.455. The molecule has 2 heteroatoms. The molecule has 0 saturated carbocycles. The van der Waals surface area contributed by atoms with Crippen molar-refractivity contribution in [3.05, 3.63) is 34.4 Å². The lowest BCUT2D eigenvalue weighted by Crippen LogP contribution is -2.17. The van der Waals surface area contributed by atoms with E-state index in [4.69, 9.17) is 10.8 Å². The zero-order chi connectivity index (χ0) is 10.0. The Morgan fingerprint density at radius 2 is 1.69 bits per heavy atom. The van der Waals surface area contributed by atoms with E-state index in [0.717, 1.165) is 5.56 Å². The minimum absolute atomic E-state index is 0.00470. The largest absolute Gasteiger partial charge is 0.394 e. The highest BCUT2D eigenvalue weighted by Gasteiger charge is 2.10. The van der Waals surface area contributed by atoms with E-state index in [2.05, 4.69) is 19.1 Å². The van der Waals surface area contributed by atoms with Crippen LogP contribution in [0.2, 0.25) is 0 Å². The van der Waals surface area contributed by atoms with E-state index in [-0.39, 0.29) is 12.6 Å². The summed E-state index contributed by atoms with van der Waals surface area (Å²) in [5.74, 6) is 0. The Balaban J connectivity index is 3.20. The molecule has 0 unspecified atom stereocenters. The Morgan fingerprint density at radius 1 is 1.23 bits per heavy atom. The minimum atomic E-state index is -0.249. The predicted octanol–water partition coefficient (Wildman–Crippen LogP) is 1.60. The quantitative estimate of drug-likeness (QED) is 0.724. The van der Waals surface area contributed by atoms with Gasteiger partial charge in [-0.3, -0.25) is 0 Å². The van der Waals surface area contributed by atoms with Crippen LogP contribution in [-0.4, -0.2) is 11.7 Å². The summed E-state index contributed by atoms with van der Waals surface area (Å²) in [6.07, 6.45) is 0. The molecule has 0 aliphatic rings. The molecule has 0 bridgehead atoms. The predicted molar refractivity (Wildman–Crippen MR) is 54.7 cm³/mol. The molecule has 0 amide bonds. The van der Waals surface area contributed by atoms with Gasteiger partial charge in [-0.25, -0.2) is 0 Å². The van der Waals surface area contributed by atoms with Gasteiger partial charge in [0.25, 0.3) is 0 Å². The first-order valence-electron chi connectivity index (χ1n) is 4.50. The third-order valence-corrected chi connectivity index (χ3v) is 2.31. The number of benzene rings is 1. The van der Waals surface area contributed by atoms with Crippen LogP contribution < -0.4 is 5.73 Å². The van der Waals surface area contributed by atoms with Gasteiger partial charge in [0.05, 0.1) is 12.6 Å². The SMILES string of the molecule is Cc1cc(C)c([C@@H](N)CO)c(C)c1. The molecule has 0 heterocycles. The monoisotopic (exact) mass is 179 g/mol. The lowest BCUT2D eigenvalue weighted by Gasteiger charge is -2.16. The molecule has 1 aromatic rings. The van der Waals surface area contributed by atoms with Gasteiger partial charge in [0, 0.05) is 0 Å². The van der Waals surface area contributed by atoms with Crippen LogP contribution in [0.15, 0.2) is 12.1 Å². The summed E-state index contributed by atoms with van der Waals surface area (Å²) >= 11 is 0. The number of aliphatic hydroxyl groups excluding tert-OH is 1. The first-order valence-corrected chi connectivity index (χ1v) is 4.50. The van der Waals surface area contributed by atoms with Crippen molar-refractivity contribution in [1.82, 2.24) is 0 Å². The highest BCUT2D eigenvalue weighted by molar-refractivity contribution is 5.39. The zero-order valence-corrected chi connectivity index (χ0v) is 8.46. The van der Waals surface area contributed by atoms with Crippen molar-refractivity contribution < 1.29 is 5.11 Å². The van der Waals surface area contributed by atoms with E-state index in [1.807, 2.05) is 13.8 Å². The van der Waals surface area contributed by atoms with E-state index in [1.165, 1.54) is 16.7 Å². The number of hydrogen-bond acceptors (Lipinski definition) is 2. The van der Waals surface area contributed by atoms with Gasteiger partial charge in [-0.05, 0) is 37.5 Å². The Morgan fingerprint density at radius 3 is 2.08 bits per heavy atom. The standard InChI is InChI=1S/C11H17NO/c1-7-4-8(2)11(9(3)5-7)10(12)6-13/h4-5,10,13H,6,12H2,1-3H3/t10-/m0/s1. The zero-order valence-electron chi connectivity index (χ0n) is 8.46. The fourth-order valence-corrected chi connectivity index (χ4v) is 1.87. The van der Waals surface area contributed by atoms with Crippen LogP contribution in [0.5, 0.6) is 0 Å². The maximum absolute atomic E-state index is 8.98. The topological polar surface area (TPSA) is 46.2 Å². The number of rotatable bonds is 2. The van der Waals surface area contributed by atoms with Gasteiger partial charge in [-0.15, -0.1) is 0 Å². The maximum atomic E-state index is 8.98. The van der Waals surface area contributed by atoms with Gasteiger partial charge < -0.3 is 10.8 Å². The van der Waals surface area contributed by atoms with E-state index < -0.39 is 0 Å². The Bertz CT molecular complexity index is 284. The van der Waals surface area contributed by atoms with Crippen LogP contribution in [-0.2, 0) is 0 Å². The lowest BCUT2D eigenvalue weighted by atomic mass is 9.95. The highest BCUT2D eigenvalue weighted by atomic mass is 16.3. The number of aliphatic hydroxyl groups is 1. The van der Waals surface area contributed by atoms with Crippen molar-refractivity contribution in [1.29, 1.82) is 0 Å². The van der Waals surface area contributed by atoms with Crippen LogP contribution in [0.25, 0.3) is 0 Å². The first-order chi connectivity index (χ1) is 6.06. The molecule has 3 N–H and O–H groups in total. The molecule has 1 aromatic carbocycles. The van der Waals surface area contributed by atoms with Gasteiger partial charge in [-0.1, -0.05) is 17.7 Å². The lowest BCUT2D eigenvalue weighted by molar-refractivity contribution is 0.267. The van der Waals surface area contributed by atoms with Crippen LogP contribution in [0, 0.1) is 20.8 Å². The Hall–Kier alpha value is -0.860. The average Bonchev–Trinajstić information content (AvgIpc) is 2.02. The third-order valence-electron chi connectivity index (χ3n) is 2.31. The molecule has 0 spiro atoms. The summed E-state index contributed by atoms with van der Waals surface area (Å²) in [5.41, 5.74) is 10.4. The molecule has 0 radical (unpaired) electrons. The molecule has 13 heavy (non-hydrogen) atoms. The summed E-state index contributed by atoms with van der Waals surface area (Å²) in [5, 5.41) is 8.98. The number of hydrogen-bond donors (Lipinski definition) is 2. The Labute approximate surface area is 79.4 Å². The fourth-order valence-electron chi connectivity index (χ4n) is 1.87. The molecular weight excluding hydrogens is 162 g/mol. The maximum Gasteiger partial charge on any atom is 0.0624 e. The first kappa shape index (κ1) is 10.2. The molecular formula is C11H17NO. The molecule has 0 aliphatic carbocycles. The van der Waals surface area contributed by atoms with E-state index in [0.29, 0.717) is 0 Å². The summed E-state index contributed by atoms with van der Waals surface area (Å²) in [7, 11) is 0. The molecule has 0 aromatic heterocycles. The van der Waals surface area contributed by atoms with Gasteiger partial charge in [0.1, 0.15) is 0 Å². The summed E-state index contributed by atoms with van der Waals surface area (Å²) in [4.78, 5) is 0. The van der Waals surface area contributed by atoms with Crippen molar-refractivity contribution in [2.45, 2.75) is 26.8 Å². The van der Waals surface area contributed by atoms with Gasteiger partial charge in [0.15, 0.2) is 0 Å². The molecule has 0 fully saturated rings. The molecule has 2 nitrogen and oxygen atoms in total. The molecule has 72 valence electrons. The van der Waals surface area contributed by atoms with Crippen LogP contribution in [0.3, 0.4) is 0 Å². The van der Waals surface area contributed by atoms with Crippen LogP contribution in [0.4, 0.5) is 0 Å². The van der Waals surface area contributed by atoms with Crippen molar-refractivity contribution in [2.24, 2.45) is 5.73 Å². The van der Waals surface area contributed by atoms with Crippen molar-refractivity contribution in [2.75, 3.05) is 6.61 Å². The van der Waals surface area contributed by atoms with E-state index in [9.17, 15) is 0 Å². The molecule has 1 atom stereocenters. The van der Waals surface area contributed by atoms with Gasteiger partial charge in [0.2, 0.25) is 0 Å².